The second kappa shape index (κ2) is 8.17. The molecule has 0 radical (unpaired) electrons. The van der Waals surface area contributed by atoms with Gasteiger partial charge >= 0.3 is 0 Å². The van der Waals surface area contributed by atoms with Crippen LogP contribution in [0.1, 0.15) is 24.5 Å². The fourth-order valence-electron chi connectivity index (χ4n) is 3.84. The van der Waals surface area contributed by atoms with E-state index in [1.807, 2.05) is 43.6 Å². The molecular formula is C23H26N4O. The first-order valence-electron chi connectivity index (χ1n) is 9.81. The molecule has 1 aliphatic heterocycles. The SMILES string of the molecule is C[C@@]1(O)CCN(Cc2cnc(-c3ccccn3)nc2)C[C@@H]1Cc1ccccc1. The first kappa shape index (κ1) is 18.7. The summed E-state index contributed by atoms with van der Waals surface area (Å²) in [4.78, 5) is 15.7. The van der Waals surface area contributed by atoms with Gasteiger partial charge in [-0.15, -0.1) is 0 Å². The standard InChI is InChI=1S/C23H26N4O/c1-23(28)10-12-27(17-20(23)13-18-7-3-2-4-8-18)16-19-14-25-22(26-15-19)21-9-5-6-11-24-21/h2-9,11,14-15,20,28H,10,12-13,16-17H2,1H3/t20-,23+/m0/s1. The molecule has 0 bridgehead atoms. The Bertz CT molecular complexity index is 881. The van der Waals surface area contributed by atoms with E-state index in [9.17, 15) is 5.11 Å². The zero-order chi connectivity index (χ0) is 19.4. The Morgan fingerprint density at radius 2 is 1.75 bits per heavy atom. The van der Waals surface area contributed by atoms with Crippen molar-refractivity contribution < 1.29 is 5.11 Å². The summed E-state index contributed by atoms with van der Waals surface area (Å²) in [5.41, 5.74) is 2.51. The van der Waals surface area contributed by atoms with Gasteiger partial charge in [0.1, 0.15) is 5.69 Å². The smallest absolute Gasteiger partial charge is 0.178 e. The van der Waals surface area contributed by atoms with Crippen LogP contribution in [0.4, 0.5) is 0 Å². The van der Waals surface area contributed by atoms with Gasteiger partial charge in [-0.1, -0.05) is 36.4 Å². The average molecular weight is 374 g/mol. The van der Waals surface area contributed by atoms with Crippen LogP contribution in [0, 0.1) is 5.92 Å². The number of aromatic nitrogens is 3. The van der Waals surface area contributed by atoms with Gasteiger partial charge in [0.05, 0.1) is 5.60 Å². The maximum absolute atomic E-state index is 10.9. The molecule has 5 heteroatoms. The Kier molecular flexibility index (Phi) is 5.46. The molecule has 0 saturated carbocycles. The van der Waals surface area contributed by atoms with Crippen LogP contribution in [0.5, 0.6) is 0 Å². The number of aliphatic hydroxyl groups is 1. The lowest BCUT2D eigenvalue weighted by Crippen LogP contribution is -2.50. The number of piperidine rings is 1. The summed E-state index contributed by atoms with van der Waals surface area (Å²) in [5.74, 6) is 0.852. The maximum Gasteiger partial charge on any atom is 0.178 e. The second-order valence-electron chi connectivity index (χ2n) is 7.86. The van der Waals surface area contributed by atoms with E-state index >= 15 is 0 Å². The van der Waals surface area contributed by atoms with Crippen LogP contribution in [-0.2, 0) is 13.0 Å². The van der Waals surface area contributed by atoms with E-state index in [4.69, 9.17) is 0 Å². The topological polar surface area (TPSA) is 62.1 Å². The van der Waals surface area contributed by atoms with Gasteiger partial charge in [-0.25, -0.2) is 9.97 Å². The Labute approximate surface area is 166 Å². The lowest BCUT2D eigenvalue weighted by atomic mass is 9.79. The fraction of sp³-hybridized carbons (Fsp3) is 0.348. The van der Waals surface area contributed by atoms with Crippen molar-refractivity contribution in [3.8, 4) is 11.5 Å². The number of rotatable bonds is 5. The zero-order valence-electron chi connectivity index (χ0n) is 16.2. The molecule has 4 rings (SSSR count). The molecular weight excluding hydrogens is 348 g/mol. The molecule has 1 saturated heterocycles. The summed E-state index contributed by atoms with van der Waals surface area (Å²) in [6, 6.07) is 16.2. The lowest BCUT2D eigenvalue weighted by Gasteiger charge is -2.43. The molecule has 144 valence electrons. The van der Waals surface area contributed by atoms with E-state index < -0.39 is 5.60 Å². The number of likely N-dealkylation sites (tertiary alicyclic amines) is 1. The minimum Gasteiger partial charge on any atom is -0.390 e. The van der Waals surface area contributed by atoms with Crippen LogP contribution in [0.2, 0.25) is 0 Å². The molecule has 1 aliphatic rings. The molecule has 3 heterocycles. The monoisotopic (exact) mass is 374 g/mol. The zero-order valence-corrected chi connectivity index (χ0v) is 16.2. The predicted molar refractivity (Wildman–Crippen MR) is 109 cm³/mol. The molecule has 0 aliphatic carbocycles. The third-order valence-electron chi connectivity index (χ3n) is 5.62. The summed E-state index contributed by atoms with van der Waals surface area (Å²) < 4.78 is 0. The van der Waals surface area contributed by atoms with Crippen molar-refractivity contribution in [3.63, 3.8) is 0 Å². The van der Waals surface area contributed by atoms with E-state index in [1.165, 1.54) is 5.56 Å². The lowest BCUT2D eigenvalue weighted by molar-refractivity contribution is -0.0594. The highest BCUT2D eigenvalue weighted by molar-refractivity contribution is 5.47. The number of hydrogen-bond acceptors (Lipinski definition) is 5. The van der Waals surface area contributed by atoms with Crippen molar-refractivity contribution >= 4 is 0 Å². The van der Waals surface area contributed by atoms with Gasteiger partial charge in [-0.05, 0) is 37.5 Å². The minimum absolute atomic E-state index is 0.206. The molecule has 0 spiro atoms. The largest absolute Gasteiger partial charge is 0.390 e. The number of hydrogen-bond donors (Lipinski definition) is 1. The van der Waals surface area contributed by atoms with Crippen molar-refractivity contribution in [1.82, 2.24) is 19.9 Å². The summed E-state index contributed by atoms with van der Waals surface area (Å²) >= 11 is 0. The van der Waals surface area contributed by atoms with Crippen molar-refractivity contribution in [1.29, 1.82) is 0 Å². The molecule has 0 amide bonds. The van der Waals surface area contributed by atoms with Crippen LogP contribution in [0.15, 0.2) is 67.1 Å². The molecule has 1 fully saturated rings. The molecule has 2 aromatic heterocycles. The van der Waals surface area contributed by atoms with Crippen LogP contribution >= 0.6 is 0 Å². The summed E-state index contributed by atoms with van der Waals surface area (Å²) in [6.45, 7) is 4.51. The van der Waals surface area contributed by atoms with Crippen molar-refractivity contribution in [2.75, 3.05) is 13.1 Å². The highest BCUT2D eigenvalue weighted by Crippen LogP contribution is 2.31. The molecule has 1 aromatic carbocycles. The van der Waals surface area contributed by atoms with Crippen molar-refractivity contribution in [3.05, 3.63) is 78.2 Å². The van der Waals surface area contributed by atoms with Gasteiger partial charge in [0, 0.05) is 49.7 Å². The van der Waals surface area contributed by atoms with E-state index in [-0.39, 0.29) is 5.92 Å². The minimum atomic E-state index is -0.633. The van der Waals surface area contributed by atoms with Crippen LogP contribution < -0.4 is 0 Å². The number of benzene rings is 1. The first-order chi connectivity index (χ1) is 13.6. The van der Waals surface area contributed by atoms with Crippen LogP contribution in [0.25, 0.3) is 11.5 Å². The van der Waals surface area contributed by atoms with Crippen LogP contribution in [0.3, 0.4) is 0 Å². The predicted octanol–water partition coefficient (Wildman–Crippen LogP) is 3.35. The van der Waals surface area contributed by atoms with E-state index in [0.29, 0.717) is 5.82 Å². The first-order valence-corrected chi connectivity index (χ1v) is 9.81. The highest BCUT2D eigenvalue weighted by Gasteiger charge is 2.37. The van der Waals surface area contributed by atoms with Crippen molar-refractivity contribution in [2.24, 2.45) is 5.92 Å². The van der Waals surface area contributed by atoms with Gasteiger partial charge < -0.3 is 5.11 Å². The van der Waals surface area contributed by atoms with Gasteiger partial charge in [0.15, 0.2) is 5.82 Å². The van der Waals surface area contributed by atoms with E-state index in [0.717, 1.165) is 43.7 Å². The summed E-state index contributed by atoms with van der Waals surface area (Å²) in [6.07, 6.45) is 7.18. The molecule has 5 nitrogen and oxygen atoms in total. The molecule has 0 unspecified atom stereocenters. The summed E-state index contributed by atoms with van der Waals surface area (Å²) in [7, 11) is 0. The van der Waals surface area contributed by atoms with Gasteiger partial charge in [-0.3, -0.25) is 9.88 Å². The van der Waals surface area contributed by atoms with E-state index in [2.05, 4.69) is 44.1 Å². The highest BCUT2D eigenvalue weighted by atomic mass is 16.3. The van der Waals surface area contributed by atoms with Gasteiger partial charge in [-0.2, -0.15) is 0 Å². The average Bonchev–Trinajstić information content (AvgIpc) is 2.73. The molecule has 1 N–H and O–H groups in total. The normalized spacial score (nSPS) is 22.9. The maximum atomic E-state index is 10.9. The molecule has 28 heavy (non-hydrogen) atoms. The Morgan fingerprint density at radius 1 is 1.00 bits per heavy atom. The summed E-state index contributed by atoms with van der Waals surface area (Å²) in [5, 5.41) is 10.9. The molecule has 2 atom stereocenters. The third kappa shape index (κ3) is 4.43. The Hall–Kier alpha value is -2.63. The van der Waals surface area contributed by atoms with E-state index in [1.54, 1.807) is 6.20 Å². The number of nitrogens with zero attached hydrogens (tertiary/aromatic N) is 4. The van der Waals surface area contributed by atoms with Crippen LogP contribution in [-0.4, -0.2) is 43.6 Å². The van der Waals surface area contributed by atoms with Gasteiger partial charge in [0.2, 0.25) is 0 Å². The van der Waals surface area contributed by atoms with Gasteiger partial charge in [0.25, 0.3) is 0 Å². The fourth-order valence-corrected chi connectivity index (χ4v) is 3.84. The Morgan fingerprint density at radius 3 is 2.46 bits per heavy atom. The quantitative estimate of drug-likeness (QED) is 0.742. The Balaban J connectivity index is 1.42. The van der Waals surface area contributed by atoms with Crippen molar-refractivity contribution in [2.45, 2.75) is 31.9 Å². The second-order valence-corrected chi connectivity index (χ2v) is 7.86. The number of pyridine rings is 1. The molecule has 3 aromatic rings. The third-order valence-corrected chi connectivity index (χ3v) is 5.62.